The molecule has 3 rings (SSSR count). The van der Waals surface area contributed by atoms with Gasteiger partial charge >= 0.3 is 0 Å². The smallest absolute Gasteiger partial charge is 0.0916 e. The highest BCUT2D eigenvalue weighted by Gasteiger charge is 2.05. The standard InChI is InChI=1S/C15H14N4/c1-3-15(19-10-9-17-12-19)4-2-14(1)18-11-13-5-7-16-8-6-13/h1-11,17H,12H2. The van der Waals surface area contributed by atoms with E-state index in [1.54, 1.807) is 12.4 Å². The third kappa shape index (κ3) is 2.80. The SMILES string of the molecule is C1=CN(c2ccc(N=Cc3ccncc3)cc2)CN1. The van der Waals surface area contributed by atoms with Gasteiger partial charge < -0.3 is 10.2 Å². The van der Waals surface area contributed by atoms with Gasteiger partial charge in [0, 0.05) is 36.7 Å². The number of benzene rings is 1. The summed E-state index contributed by atoms with van der Waals surface area (Å²) in [7, 11) is 0. The first kappa shape index (κ1) is 11.5. The van der Waals surface area contributed by atoms with Gasteiger partial charge in [-0.1, -0.05) is 0 Å². The van der Waals surface area contributed by atoms with Crippen LogP contribution >= 0.6 is 0 Å². The maximum atomic E-state index is 4.44. The molecule has 0 amide bonds. The Bertz CT molecular complexity index is 587. The van der Waals surface area contributed by atoms with E-state index in [1.807, 2.05) is 42.9 Å². The van der Waals surface area contributed by atoms with Crippen LogP contribution in [0.25, 0.3) is 0 Å². The van der Waals surface area contributed by atoms with E-state index in [4.69, 9.17) is 0 Å². The summed E-state index contributed by atoms with van der Waals surface area (Å²) in [5.74, 6) is 0. The fraction of sp³-hybridized carbons (Fsp3) is 0.0667. The molecular formula is C15H14N4. The lowest BCUT2D eigenvalue weighted by Crippen LogP contribution is -2.19. The van der Waals surface area contributed by atoms with Crippen molar-refractivity contribution < 1.29 is 0 Å². The Labute approximate surface area is 112 Å². The minimum Gasteiger partial charge on any atom is -0.372 e. The molecule has 0 saturated carbocycles. The summed E-state index contributed by atoms with van der Waals surface area (Å²) >= 11 is 0. The molecule has 4 heteroatoms. The van der Waals surface area contributed by atoms with E-state index in [2.05, 4.69) is 32.3 Å². The second kappa shape index (κ2) is 5.35. The Kier molecular flexibility index (Phi) is 3.23. The molecule has 1 aliphatic rings. The summed E-state index contributed by atoms with van der Waals surface area (Å²) in [5, 5.41) is 3.14. The first-order chi connectivity index (χ1) is 9.42. The molecule has 0 radical (unpaired) electrons. The molecule has 1 aromatic heterocycles. The van der Waals surface area contributed by atoms with Crippen LogP contribution in [0.5, 0.6) is 0 Å². The molecule has 0 unspecified atom stereocenters. The number of nitrogens with one attached hydrogen (secondary N) is 1. The Morgan fingerprint density at radius 1 is 1.11 bits per heavy atom. The van der Waals surface area contributed by atoms with Crippen LogP contribution in [0.4, 0.5) is 11.4 Å². The van der Waals surface area contributed by atoms with E-state index < -0.39 is 0 Å². The van der Waals surface area contributed by atoms with E-state index in [9.17, 15) is 0 Å². The molecule has 1 N–H and O–H groups in total. The van der Waals surface area contributed by atoms with E-state index in [0.717, 1.165) is 23.6 Å². The zero-order valence-electron chi connectivity index (χ0n) is 10.4. The molecule has 0 spiro atoms. The van der Waals surface area contributed by atoms with Gasteiger partial charge in [-0.15, -0.1) is 0 Å². The summed E-state index contributed by atoms with van der Waals surface area (Å²) in [6.07, 6.45) is 9.33. The number of pyridine rings is 1. The highest BCUT2D eigenvalue weighted by Crippen LogP contribution is 2.20. The molecule has 1 aromatic carbocycles. The fourth-order valence-corrected chi connectivity index (χ4v) is 1.85. The Balaban J connectivity index is 1.72. The van der Waals surface area contributed by atoms with Crippen molar-refractivity contribution in [2.24, 2.45) is 4.99 Å². The van der Waals surface area contributed by atoms with Crippen molar-refractivity contribution in [2.75, 3.05) is 11.6 Å². The van der Waals surface area contributed by atoms with Crippen molar-refractivity contribution in [2.45, 2.75) is 0 Å². The molecule has 2 aromatic rings. The van der Waals surface area contributed by atoms with Gasteiger partial charge in [-0.2, -0.15) is 0 Å². The minimum atomic E-state index is 0.819. The van der Waals surface area contributed by atoms with Gasteiger partial charge in [0.05, 0.1) is 12.4 Å². The average Bonchev–Trinajstić information content (AvgIpc) is 3.01. The van der Waals surface area contributed by atoms with Crippen LogP contribution < -0.4 is 10.2 Å². The number of aliphatic imine (C=N–C) groups is 1. The summed E-state index contributed by atoms with van der Waals surface area (Å²) in [6, 6.07) is 12.0. The summed E-state index contributed by atoms with van der Waals surface area (Å²) < 4.78 is 0. The highest BCUT2D eigenvalue weighted by atomic mass is 15.2. The van der Waals surface area contributed by atoms with Crippen LogP contribution in [-0.2, 0) is 0 Å². The average molecular weight is 250 g/mol. The van der Waals surface area contributed by atoms with Crippen LogP contribution in [-0.4, -0.2) is 17.9 Å². The topological polar surface area (TPSA) is 40.5 Å². The zero-order chi connectivity index (χ0) is 12.9. The van der Waals surface area contributed by atoms with E-state index in [1.165, 1.54) is 0 Å². The van der Waals surface area contributed by atoms with E-state index >= 15 is 0 Å². The summed E-state index contributed by atoms with van der Waals surface area (Å²) in [4.78, 5) is 10.6. The quantitative estimate of drug-likeness (QED) is 0.851. The second-order valence-electron chi connectivity index (χ2n) is 4.20. The summed E-state index contributed by atoms with van der Waals surface area (Å²) in [6.45, 7) is 0.819. The number of nitrogens with zero attached hydrogens (tertiary/aromatic N) is 3. The van der Waals surface area contributed by atoms with E-state index in [-0.39, 0.29) is 0 Å². The van der Waals surface area contributed by atoms with Gasteiger partial charge in [-0.25, -0.2) is 0 Å². The third-order valence-electron chi connectivity index (χ3n) is 2.88. The number of hydrogen-bond donors (Lipinski definition) is 1. The molecule has 94 valence electrons. The van der Waals surface area contributed by atoms with Gasteiger partial charge in [0.15, 0.2) is 0 Å². The Morgan fingerprint density at radius 2 is 1.89 bits per heavy atom. The largest absolute Gasteiger partial charge is 0.372 e. The molecule has 19 heavy (non-hydrogen) atoms. The summed E-state index contributed by atoms with van der Waals surface area (Å²) in [5.41, 5.74) is 3.14. The first-order valence-electron chi connectivity index (χ1n) is 6.13. The second-order valence-corrected chi connectivity index (χ2v) is 4.20. The molecule has 2 heterocycles. The molecule has 0 saturated heterocycles. The van der Waals surface area contributed by atoms with Crippen LogP contribution in [0, 0.1) is 0 Å². The van der Waals surface area contributed by atoms with Crippen LogP contribution in [0.1, 0.15) is 5.56 Å². The fourth-order valence-electron chi connectivity index (χ4n) is 1.85. The molecular weight excluding hydrogens is 236 g/mol. The maximum absolute atomic E-state index is 4.44. The number of rotatable bonds is 3. The van der Waals surface area contributed by atoms with Crippen molar-refractivity contribution in [3.63, 3.8) is 0 Å². The lowest BCUT2D eigenvalue weighted by Gasteiger charge is -2.14. The predicted molar refractivity (Wildman–Crippen MR) is 77.6 cm³/mol. The van der Waals surface area contributed by atoms with Gasteiger partial charge in [-0.3, -0.25) is 9.98 Å². The van der Waals surface area contributed by atoms with Gasteiger partial charge in [0.2, 0.25) is 0 Å². The maximum Gasteiger partial charge on any atom is 0.0916 e. The number of hydrogen-bond acceptors (Lipinski definition) is 4. The van der Waals surface area contributed by atoms with Crippen LogP contribution in [0.2, 0.25) is 0 Å². The monoisotopic (exact) mass is 250 g/mol. The van der Waals surface area contributed by atoms with Crippen LogP contribution in [0.3, 0.4) is 0 Å². The van der Waals surface area contributed by atoms with Gasteiger partial charge in [0.1, 0.15) is 0 Å². The van der Waals surface area contributed by atoms with Gasteiger partial charge in [0.25, 0.3) is 0 Å². The molecule has 0 bridgehead atoms. The van der Waals surface area contributed by atoms with Crippen molar-refractivity contribution in [3.05, 3.63) is 66.8 Å². The third-order valence-corrected chi connectivity index (χ3v) is 2.88. The molecule has 4 nitrogen and oxygen atoms in total. The first-order valence-corrected chi connectivity index (χ1v) is 6.13. The number of aromatic nitrogens is 1. The molecule has 0 aliphatic carbocycles. The molecule has 0 atom stereocenters. The van der Waals surface area contributed by atoms with Gasteiger partial charge in [-0.05, 0) is 42.0 Å². The minimum absolute atomic E-state index is 0.819. The van der Waals surface area contributed by atoms with E-state index in [0.29, 0.717) is 0 Å². The lowest BCUT2D eigenvalue weighted by atomic mass is 10.2. The molecule has 1 aliphatic heterocycles. The van der Waals surface area contributed by atoms with Crippen LogP contribution in [0.15, 0.2) is 66.2 Å². The normalized spacial score (nSPS) is 14.0. The Morgan fingerprint density at radius 3 is 2.58 bits per heavy atom. The lowest BCUT2D eigenvalue weighted by molar-refractivity contribution is 0.901. The highest BCUT2D eigenvalue weighted by molar-refractivity contribution is 5.81. The van der Waals surface area contributed by atoms with Crippen molar-refractivity contribution in [1.29, 1.82) is 0 Å². The zero-order valence-corrected chi connectivity index (χ0v) is 10.4. The van der Waals surface area contributed by atoms with Crippen molar-refractivity contribution >= 4 is 17.6 Å². The van der Waals surface area contributed by atoms with Crippen molar-refractivity contribution in [1.82, 2.24) is 10.3 Å². The molecule has 0 fully saturated rings. The number of anilines is 1. The predicted octanol–water partition coefficient (Wildman–Crippen LogP) is 2.67. The Hall–Kier alpha value is -2.62. The van der Waals surface area contributed by atoms with Crippen molar-refractivity contribution in [3.8, 4) is 0 Å².